The van der Waals surface area contributed by atoms with Gasteiger partial charge in [-0.25, -0.2) is 0 Å². The molecular formula is C19H24N2. The van der Waals surface area contributed by atoms with Crippen molar-refractivity contribution in [3.63, 3.8) is 0 Å². The molecular weight excluding hydrogens is 256 g/mol. The lowest BCUT2D eigenvalue weighted by molar-refractivity contribution is 0.212. The molecule has 0 amide bonds. The van der Waals surface area contributed by atoms with Gasteiger partial charge in [0.15, 0.2) is 0 Å². The maximum Gasteiger partial charge on any atom is 0.0657 e. The molecule has 0 bridgehead atoms. The van der Waals surface area contributed by atoms with E-state index in [1.54, 1.807) is 5.57 Å². The average Bonchev–Trinajstić information content (AvgIpc) is 2.84. The van der Waals surface area contributed by atoms with E-state index in [0.717, 1.165) is 0 Å². The zero-order valence-electron chi connectivity index (χ0n) is 13.5. The lowest BCUT2D eigenvalue weighted by Crippen LogP contribution is -2.49. The highest BCUT2D eigenvalue weighted by Gasteiger charge is 2.36. The van der Waals surface area contributed by atoms with Crippen LogP contribution in [0.5, 0.6) is 0 Å². The van der Waals surface area contributed by atoms with Crippen molar-refractivity contribution in [3.05, 3.63) is 34.8 Å². The highest BCUT2D eigenvalue weighted by Crippen LogP contribution is 2.41. The molecule has 2 aromatic rings. The highest BCUT2D eigenvalue weighted by molar-refractivity contribution is 5.84. The first-order valence-corrected chi connectivity index (χ1v) is 8.01. The third-order valence-electron chi connectivity index (χ3n) is 5.60. The van der Waals surface area contributed by atoms with Crippen molar-refractivity contribution in [1.29, 1.82) is 0 Å². The number of H-pyrrole nitrogens is 1. The van der Waals surface area contributed by atoms with Crippen molar-refractivity contribution in [2.45, 2.75) is 46.1 Å². The van der Waals surface area contributed by atoms with Gasteiger partial charge < -0.3 is 9.88 Å². The summed E-state index contributed by atoms with van der Waals surface area (Å²) < 4.78 is 0. The Morgan fingerprint density at radius 2 is 2.00 bits per heavy atom. The molecule has 2 nitrogen and oxygen atoms in total. The topological polar surface area (TPSA) is 19.0 Å². The fraction of sp³-hybridized carbons (Fsp3) is 0.474. The fourth-order valence-corrected chi connectivity index (χ4v) is 4.21. The lowest BCUT2D eigenvalue weighted by Gasteiger charge is -2.44. The van der Waals surface area contributed by atoms with E-state index in [9.17, 15) is 0 Å². The Hall–Kier alpha value is -1.70. The summed E-state index contributed by atoms with van der Waals surface area (Å²) in [5.74, 6) is 0. The molecule has 2 heteroatoms. The monoisotopic (exact) mass is 280 g/mol. The van der Waals surface area contributed by atoms with E-state index < -0.39 is 0 Å². The molecule has 1 saturated carbocycles. The van der Waals surface area contributed by atoms with Crippen LogP contribution in [0.1, 0.15) is 40.0 Å². The van der Waals surface area contributed by atoms with Gasteiger partial charge in [0, 0.05) is 28.9 Å². The smallest absolute Gasteiger partial charge is 0.0657 e. The van der Waals surface area contributed by atoms with Gasteiger partial charge in [-0.2, -0.15) is 0 Å². The maximum atomic E-state index is 3.65. The third kappa shape index (κ3) is 1.78. The first-order chi connectivity index (χ1) is 9.98. The Morgan fingerprint density at radius 3 is 2.81 bits per heavy atom. The van der Waals surface area contributed by atoms with E-state index >= 15 is 0 Å². The van der Waals surface area contributed by atoms with Crippen molar-refractivity contribution in [3.8, 4) is 0 Å². The van der Waals surface area contributed by atoms with Gasteiger partial charge >= 0.3 is 0 Å². The van der Waals surface area contributed by atoms with Gasteiger partial charge in [-0.3, -0.25) is 0 Å². The van der Waals surface area contributed by atoms with Crippen molar-refractivity contribution in [2.24, 2.45) is 5.41 Å². The van der Waals surface area contributed by atoms with Crippen LogP contribution >= 0.6 is 0 Å². The van der Waals surface area contributed by atoms with Crippen molar-refractivity contribution in [1.82, 2.24) is 9.88 Å². The quantitative estimate of drug-likeness (QED) is 0.786. The molecule has 1 aromatic carbocycles. The summed E-state index contributed by atoms with van der Waals surface area (Å²) in [5.41, 5.74) is 4.75. The van der Waals surface area contributed by atoms with Crippen molar-refractivity contribution in [2.75, 3.05) is 7.05 Å². The van der Waals surface area contributed by atoms with Gasteiger partial charge in [0.25, 0.3) is 0 Å². The molecule has 1 unspecified atom stereocenters. The summed E-state index contributed by atoms with van der Waals surface area (Å²) in [6.45, 7) is 7.09. The number of aromatic amines is 1. The van der Waals surface area contributed by atoms with E-state index in [0.29, 0.717) is 11.5 Å². The number of rotatable bonds is 0. The number of aromatic nitrogens is 1. The van der Waals surface area contributed by atoms with Crippen LogP contribution in [-0.4, -0.2) is 23.0 Å². The molecule has 0 saturated heterocycles. The van der Waals surface area contributed by atoms with Gasteiger partial charge in [0.05, 0.1) is 11.4 Å². The minimum Gasteiger partial charge on any atom is -0.370 e. The molecule has 0 radical (unpaired) electrons. The second-order valence-electron chi connectivity index (χ2n) is 7.53. The van der Waals surface area contributed by atoms with Gasteiger partial charge in [-0.1, -0.05) is 32.0 Å². The third-order valence-corrected chi connectivity index (χ3v) is 5.60. The Kier molecular flexibility index (Phi) is 2.57. The zero-order valence-corrected chi connectivity index (χ0v) is 13.5. The molecule has 1 aromatic heterocycles. The average molecular weight is 280 g/mol. The van der Waals surface area contributed by atoms with Crippen LogP contribution < -0.4 is 10.6 Å². The van der Waals surface area contributed by atoms with Crippen LogP contribution in [-0.2, 0) is 0 Å². The number of hydrogen-bond donors (Lipinski definition) is 1. The Morgan fingerprint density at radius 1 is 1.24 bits per heavy atom. The molecule has 1 aliphatic heterocycles. The lowest BCUT2D eigenvalue weighted by atomic mass is 9.71. The number of nitrogens with zero attached hydrogens (tertiary/aromatic N) is 1. The minimum atomic E-state index is 0.451. The Bertz CT molecular complexity index is 838. The summed E-state index contributed by atoms with van der Waals surface area (Å²) in [5, 5.41) is 4.24. The number of hydrogen-bond acceptors (Lipinski definition) is 1. The number of fused-ring (bicyclic) bond motifs is 4. The van der Waals surface area contributed by atoms with E-state index in [1.165, 1.54) is 46.4 Å². The largest absolute Gasteiger partial charge is 0.370 e. The second kappa shape index (κ2) is 4.16. The second-order valence-corrected chi connectivity index (χ2v) is 7.53. The molecule has 1 atom stereocenters. The van der Waals surface area contributed by atoms with Crippen molar-refractivity contribution < 1.29 is 0 Å². The van der Waals surface area contributed by atoms with Gasteiger partial charge in [-0.05, 0) is 43.2 Å². The van der Waals surface area contributed by atoms with Crippen molar-refractivity contribution >= 4 is 22.2 Å². The molecule has 21 heavy (non-hydrogen) atoms. The molecule has 2 heterocycles. The number of benzene rings is 1. The standard InChI is InChI=1S/C19H24N2/c1-12-18-17(13-7-5-6-8-15(13)20-18)14-9-10-19(2,3)11-16(14)21(12)4/h5-8,16,20H,9-11H2,1-4H3. The predicted octanol–water partition coefficient (Wildman–Crippen LogP) is 2.97. The first kappa shape index (κ1) is 13.0. The van der Waals surface area contributed by atoms with E-state index in [4.69, 9.17) is 0 Å². The van der Waals surface area contributed by atoms with Crippen LogP contribution in [0, 0.1) is 5.41 Å². The molecule has 1 N–H and O–H groups in total. The minimum absolute atomic E-state index is 0.451. The van der Waals surface area contributed by atoms with E-state index in [1.807, 2.05) is 0 Å². The SMILES string of the molecule is CC1=c2[nH]c3ccccc3c2=C2CCC(C)(C)CC2N1C. The number of para-hydroxylation sites is 1. The van der Waals surface area contributed by atoms with E-state index in [2.05, 4.69) is 62.0 Å². The van der Waals surface area contributed by atoms with Crippen LogP contribution in [0.3, 0.4) is 0 Å². The van der Waals surface area contributed by atoms with Crippen LogP contribution in [0.25, 0.3) is 22.2 Å². The first-order valence-electron chi connectivity index (χ1n) is 8.01. The van der Waals surface area contributed by atoms with Gasteiger partial charge in [0.2, 0.25) is 0 Å². The molecule has 1 aliphatic carbocycles. The van der Waals surface area contributed by atoms with Gasteiger partial charge in [-0.15, -0.1) is 0 Å². The zero-order chi connectivity index (χ0) is 14.8. The van der Waals surface area contributed by atoms with Crippen LogP contribution in [0.15, 0.2) is 24.3 Å². The van der Waals surface area contributed by atoms with Crippen LogP contribution in [0.2, 0.25) is 0 Å². The predicted molar refractivity (Wildman–Crippen MR) is 89.2 cm³/mol. The van der Waals surface area contributed by atoms with E-state index in [-0.39, 0.29) is 0 Å². The molecule has 2 aliphatic rings. The van der Waals surface area contributed by atoms with Gasteiger partial charge in [0.1, 0.15) is 0 Å². The summed E-state index contributed by atoms with van der Waals surface area (Å²) >= 11 is 0. The summed E-state index contributed by atoms with van der Waals surface area (Å²) in [6, 6.07) is 9.32. The summed E-state index contributed by atoms with van der Waals surface area (Å²) in [4.78, 5) is 6.14. The summed E-state index contributed by atoms with van der Waals surface area (Å²) in [7, 11) is 2.26. The molecule has 0 spiro atoms. The molecule has 1 fully saturated rings. The maximum absolute atomic E-state index is 3.65. The normalized spacial score (nSPS) is 24.2. The Labute approximate surface area is 126 Å². The molecule has 4 rings (SSSR count). The van der Waals surface area contributed by atoms with Crippen LogP contribution in [0.4, 0.5) is 0 Å². The summed E-state index contributed by atoms with van der Waals surface area (Å²) in [6.07, 6.45) is 3.78. The molecule has 110 valence electrons. The number of nitrogens with one attached hydrogen (secondary N) is 1. The Balaban J connectivity index is 2.10. The fourth-order valence-electron chi connectivity index (χ4n) is 4.21. The highest BCUT2D eigenvalue weighted by atomic mass is 15.2.